The van der Waals surface area contributed by atoms with E-state index >= 15 is 0 Å². The van der Waals surface area contributed by atoms with E-state index in [4.69, 9.17) is 0 Å². The Labute approximate surface area is 144 Å². The van der Waals surface area contributed by atoms with E-state index in [-0.39, 0.29) is 11.4 Å². The maximum atomic E-state index is 13.6. The van der Waals surface area contributed by atoms with Gasteiger partial charge in [0.25, 0.3) is 5.91 Å². The van der Waals surface area contributed by atoms with Crippen LogP contribution in [-0.4, -0.2) is 20.9 Å². The van der Waals surface area contributed by atoms with Crippen LogP contribution in [0.5, 0.6) is 0 Å². The molecule has 0 saturated heterocycles. The van der Waals surface area contributed by atoms with Crippen molar-refractivity contribution >= 4 is 27.5 Å². The molecule has 0 aliphatic carbocycles. The molecule has 0 bridgehead atoms. The third kappa shape index (κ3) is 3.18. The highest BCUT2D eigenvalue weighted by molar-refractivity contribution is 9.10. The fraction of sp³-hybridized carbons (Fsp3) is 0.0625. The Bertz CT molecular complexity index is 909. The number of benzene rings is 2. The molecule has 0 aliphatic rings. The molecule has 3 aromatic rings. The minimum atomic E-state index is -0.860. The third-order valence-corrected chi connectivity index (χ3v) is 3.89. The summed E-state index contributed by atoms with van der Waals surface area (Å²) in [4.78, 5) is 12.3. The molecule has 0 fully saturated rings. The van der Waals surface area contributed by atoms with Gasteiger partial charge < -0.3 is 5.32 Å². The molecule has 1 heterocycles. The number of anilines is 1. The highest BCUT2D eigenvalue weighted by Crippen LogP contribution is 2.19. The second-order valence-corrected chi connectivity index (χ2v) is 5.91. The van der Waals surface area contributed by atoms with Gasteiger partial charge in [-0.3, -0.25) is 4.79 Å². The lowest BCUT2D eigenvalue weighted by Crippen LogP contribution is -2.15. The lowest BCUT2D eigenvalue weighted by atomic mass is 10.2. The standard InChI is InChI=1S/C16H11BrF2N4O/c1-9-15(16(24)20-14-7-4-11(18)8-13(14)19)21-22-23(9)12-5-2-10(17)3-6-12/h2-8H,1H3,(H,20,24). The van der Waals surface area contributed by atoms with E-state index < -0.39 is 17.5 Å². The molecule has 0 atom stereocenters. The number of nitrogens with one attached hydrogen (secondary N) is 1. The topological polar surface area (TPSA) is 59.8 Å². The van der Waals surface area contributed by atoms with Gasteiger partial charge in [0.05, 0.1) is 17.1 Å². The van der Waals surface area contributed by atoms with E-state index in [0.29, 0.717) is 11.8 Å². The van der Waals surface area contributed by atoms with E-state index in [9.17, 15) is 13.6 Å². The molecule has 1 amide bonds. The van der Waals surface area contributed by atoms with Crippen LogP contribution in [0.1, 0.15) is 16.2 Å². The third-order valence-electron chi connectivity index (χ3n) is 3.36. The number of carbonyl (C=O) groups is 1. The second kappa shape index (κ2) is 6.48. The first-order valence-electron chi connectivity index (χ1n) is 6.90. The summed E-state index contributed by atoms with van der Waals surface area (Å²) in [5.74, 6) is -2.20. The molecule has 0 saturated carbocycles. The minimum absolute atomic E-state index is 0.0571. The SMILES string of the molecule is Cc1c(C(=O)Nc2ccc(F)cc2F)nnn1-c1ccc(Br)cc1. The molecule has 8 heteroatoms. The Kier molecular flexibility index (Phi) is 4.39. The molecular weight excluding hydrogens is 382 g/mol. The van der Waals surface area contributed by atoms with Crippen LogP contribution >= 0.6 is 15.9 Å². The van der Waals surface area contributed by atoms with Crippen LogP contribution < -0.4 is 5.32 Å². The van der Waals surface area contributed by atoms with E-state index in [2.05, 4.69) is 31.6 Å². The zero-order chi connectivity index (χ0) is 17.3. The van der Waals surface area contributed by atoms with Crippen LogP contribution in [0.3, 0.4) is 0 Å². The average Bonchev–Trinajstić information content (AvgIpc) is 2.92. The summed E-state index contributed by atoms with van der Waals surface area (Å²) in [7, 11) is 0. The smallest absolute Gasteiger partial charge is 0.278 e. The zero-order valence-corrected chi connectivity index (χ0v) is 14.0. The minimum Gasteiger partial charge on any atom is -0.318 e. The Morgan fingerprint density at radius 3 is 2.54 bits per heavy atom. The number of amides is 1. The van der Waals surface area contributed by atoms with Crippen molar-refractivity contribution in [2.75, 3.05) is 5.32 Å². The molecular formula is C16H11BrF2N4O. The molecule has 2 aromatic carbocycles. The van der Waals surface area contributed by atoms with Crippen molar-refractivity contribution in [1.82, 2.24) is 15.0 Å². The van der Waals surface area contributed by atoms with Crippen molar-refractivity contribution in [2.45, 2.75) is 6.92 Å². The van der Waals surface area contributed by atoms with Crippen molar-refractivity contribution in [1.29, 1.82) is 0 Å². The van der Waals surface area contributed by atoms with Gasteiger partial charge in [0.2, 0.25) is 0 Å². The van der Waals surface area contributed by atoms with Crippen LogP contribution in [0.2, 0.25) is 0 Å². The first-order valence-corrected chi connectivity index (χ1v) is 7.69. The summed E-state index contributed by atoms with van der Waals surface area (Å²) >= 11 is 3.34. The van der Waals surface area contributed by atoms with Gasteiger partial charge in [-0.15, -0.1) is 5.10 Å². The number of hydrogen-bond acceptors (Lipinski definition) is 3. The highest BCUT2D eigenvalue weighted by atomic mass is 79.9. The van der Waals surface area contributed by atoms with Gasteiger partial charge >= 0.3 is 0 Å². The molecule has 0 radical (unpaired) electrons. The van der Waals surface area contributed by atoms with Crippen LogP contribution in [0, 0.1) is 18.6 Å². The largest absolute Gasteiger partial charge is 0.318 e. The Morgan fingerprint density at radius 2 is 1.88 bits per heavy atom. The van der Waals surface area contributed by atoms with Crippen molar-refractivity contribution in [3.8, 4) is 5.69 Å². The molecule has 122 valence electrons. The summed E-state index contributed by atoms with van der Waals surface area (Å²) in [6, 6.07) is 10.2. The maximum absolute atomic E-state index is 13.6. The first-order chi connectivity index (χ1) is 11.5. The van der Waals surface area contributed by atoms with Crippen molar-refractivity contribution in [3.05, 3.63) is 70.0 Å². The molecule has 1 aromatic heterocycles. The van der Waals surface area contributed by atoms with E-state index in [1.807, 2.05) is 24.3 Å². The fourth-order valence-corrected chi connectivity index (χ4v) is 2.40. The molecule has 5 nitrogen and oxygen atoms in total. The monoisotopic (exact) mass is 392 g/mol. The molecule has 1 N–H and O–H groups in total. The lowest BCUT2D eigenvalue weighted by Gasteiger charge is -2.06. The zero-order valence-electron chi connectivity index (χ0n) is 12.4. The van der Waals surface area contributed by atoms with Gasteiger partial charge in [0.1, 0.15) is 11.6 Å². The van der Waals surface area contributed by atoms with Crippen LogP contribution in [0.25, 0.3) is 5.69 Å². The summed E-state index contributed by atoms with van der Waals surface area (Å²) in [5, 5.41) is 10.2. The molecule has 3 rings (SSSR count). The summed E-state index contributed by atoms with van der Waals surface area (Å²) in [6.07, 6.45) is 0. The maximum Gasteiger partial charge on any atom is 0.278 e. The molecule has 0 spiro atoms. The number of hydrogen-bond donors (Lipinski definition) is 1. The predicted octanol–water partition coefficient (Wildman–Crippen LogP) is 3.87. The Balaban J connectivity index is 1.87. The van der Waals surface area contributed by atoms with Gasteiger partial charge in [-0.25, -0.2) is 13.5 Å². The van der Waals surface area contributed by atoms with Gasteiger partial charge in [0.15, 0.2) is 5.69 Å². The molecule has 0 aliphatic heterocycles. The normalized spacial score (nSPS) is 10.7. The van der Waals surface area contributed by atoms with Crippen molar-refractivity contribution in [3.63, 3.8) is 0 Å². The average molecular weight is 393 g/mol. The first kappa shape index (κ1) is 16.3. The van der Waals surface area contributed by atoms with Gasteiger partial charge in [-0.1, -0.05) is 21.1 Å². The summed E-state index contributed by atoms with van der Waals surface area (Å²) < 4.78 is 29.0. The van der Waals surface area contributed by atoms with Crippen LogP contribution in [0.15, 0.2) is 46.9 Å². The van der Waals surface area contributed by atoms with E-state index in [1.54, 1.807) is 6.92 Å². The number of aromatic nitrogens is 3. The Morgan fingerprint density at radius 1 is 1.17 bits per heavy atom. The fourth-order valence-electron chi connectivity index (χ4n) is 2.14. The number of rotatable bonds is 3. The quantitative estimate of drug-likeness (QED) is 0.735. The highest BCUT2D eigenvalue weighted by Gasteiger charge is 2.18. The summed E-state index contributed by atoms with van der Waals surface area (Å²) in [6.45, 7) is 1.68. The van der Waals surface area contributed by atoms with Crippen LogP contribution in [-0.2, 0) is 0 Å². The Hall–Kier alpha value is -2.61. The van der Waals surface area contributed by atoms with E-state index in [1.165, 1.54) is 4.68 Å². The van der Waals surface area contributed by atoms with Gasteiger partial charge in [-0.05, 0) is 43.3 Å². The predicted molar refractivity (Wildman–Crippen MR) is 88.1 cm³/mol. The van der Waals surface area contributed by atoms with Gasteiger partial charge in [0, 0.05) is 10.5 Å². The summed E-state index contributed by atoms with van der Waals surface area (Å²) in [5.41, 5.74) is 1.16. The second-order valence-electron chi connectivity index (χ2n) is 4.99. The molecule has 24 heavy (non-hydrogen) atoms. The van der Waals surface area contributed by atoms with Crippen molar-refractivity contribution in [2.24, 2.45) is 0 Å². The molecule has 0 unspecified atom stereocenters. The van der Waals surface area contributed by atoms with Crippen molar-refractivity contribution < 1.29 is 13.6 Å². The lowest BCUT2D eigenvalue weighted by molar-refractivity contribution is 0.102. The number of carbonyl (C=O) groups excluding carboxylic acids is 1. The van der Waals surface area contributed by atoms with Gasteiger partial charge in [-0.2, -0.15) is 0 Å². The van der Waals surface area contributed by atoms with Crippen LogP contribution in [0.4, 0.5) is 14.5 Å². The number of nitrogens with zero attached hydrogens (tertiary/aromatic N) is 3. The van der Waals surface area contributed by atoms with E-state index in [0.717, 1.165) is 22.3 Å². The number of halogens is 3.